The second-order valence-electron chi connectivity index (χ2n) is 9.46. The van der Waals surface area contributed by atoms with Crippen LogP contribution in [0.5, 0.6) is 0 Å². The molecule has 0 spiro atoms. The Balaban J connectivity index is 1.27. The largest absolute Gasteiger partial charge is 0.368 e. The molecule has 0 bridgehead atoms. The maximum absolute atomic E-state index is 12.8. The highest BCUT2D eigenvalue weighted by molar-refractivity contribution is 7.80. The predicted molar refractivity (Wildman–Crippen MR) is 139 cm³/mol. The van der Waals surface area contributed by atoms with Crippen molar-refractivity contribution < 1.29 is 4.79 Å². The number of amides is 1. The number of nitrogens with one attached hydrogen (secondary N) is 1. The number of hydrogen-bond acceptors (Lipinski definition) is 6. The summed E-state index contributed by atoms with van der Waals surface area (Å²) >= 11 is 4.73. The molecule has 1 amide bonds. The quantitative estimate of drug-likeness (QED) is 0.633. The van der Waals surface area contributed by atoms with Gasteiger partial charge in [0.15, 0.2) is 0 Å². The Kier molecular flexibility index (Phi) is 6.55. The zero-order chi connectivity index (χ0) is 23.7. The number of rotatable bonds is 5. The third-order valence-electron chi connectivity index (χ3n) is 7.32. The zero-order valence-electron chi connectivity index (χ0n) is 19.7. The molecule has 6 nitrogen and oxygen atoms in total. The van der Waals surface area contributed by atoms with Gasteiger partial charge in [-0.2, -0.15) is 0 Å². The van der Waals surface area contributed by atoms with E-state index in [1.807, 2.05) is 18.3 Å². The van der Waals surface area contributed by atoms with Crippen molar-refractivity contribution in [1.29, 1.82) is 0 Å². The van der Waals surface area contributed by atoms with Crippen molar-refractivity contribution in [3.8, 4) is 0 Å². The van der Waals surface area contributed by atoms with Crippen molar-refractivity contribution in [3.63, 3.8) is 0 Å². The van der Waals surface area contributed by atoms with E-state index in [0.717, 1.165) is 84.5 Å². The number of carbonyl (C=O) groups is 1. The molecule has 0 radical (unpaired) electrons. The minimum absolute atomic E-state index is 0.245. The molecule has 1 aliphatic carbocycles. The maximum atomic E-state index is 12.8. The lowest BCUT2D eigenvalue weighted by atomic mass is 10.0. The van der Waals surface area contributed by atoms with Crippen LogP contribution in [0.3, 0.4) is 0 Å². The minimum atomic E-state index is 0.245. The van der Waals surface area contributed by atoms with E-state index in [-0.39, 0.29) is 5.92 Å². The first-order valence-corrected chi connectivity index (χ1v) is 12.6. The van der Waals surface area contributed by atoms with Crippen molar-refractivity contribution in [1.82, 2.24) is 20.1 Å². The lowest BCUT2D eigenvalue weighted by Crippen LogP contribution is -2.49. The standard InChI is InChI=1S/C27H33N5OS/c1-19(30-12-14-31(15-13-30)27(33)22-6-3-4-7-22)24-16-21(9-10-25(24)34)18-32-20(2)29-17-23-8-5-11-28-26(23)32/h5,8-11,16,22,29,34H,1-4,6-7,12-15,17-18H2. The summed E-state index contributed by atoms with van der Waals surface area (Å²) < 4.78 is 0. The van der Waals surface area contributed by atoms with Crippen LogP contribution in [-0.2, 0) is 17.9 Å². The molecule has 1 saturated heterocycles. The molecule has 7 heteroatoms. The molecule has 3 aliphatic rings. The Bertz CT molecular complexity index is 1100. The number of piperazine rings is 1. The van der Waals surface area contributed by atoms with Crippen molar-refractivity contribution in [2.24, 2.45) is 5.92 Å². The molecule has 1 aromatic carbocycles. The van der Waals surface area contributed by atoms with Gasteiger partial charge in [0.25, 0.3) is 0 Å². The van der Waals surface area contributed by atoms with Gasteiger partial charge in [-0.1, -0.05) is 38.1 Å². The predicted octanol–water partition coefficient (Wildman–Crippen LogP) is 4.26. The van der Waals surface area contributed by atoms with Gasteiger partial charge >= 0.3 is 0 Å². The Morgan fingerprint density at radius 1 is 1.12 bits per heavy atom. The Labute approximate surface area is 207 Å². The van der Waals surface area contributed by atoms with Gasteiger partial charge in [0.1, 0.15) is 11.6 Å². The van der Waals surface area contributed by atoms with Crippen LogP contribution >= 0.6 is 12.6 Å². The molecular weight excluding hydrogens is 442 g/mol. The molecule has 34 heavy (non-hydrogen) atoms. The number of nitrogens with zero attached hydrogens (tertiary/aromatic N) is 4. The van der Waals surface area contributed by atoms with E-state index in [1.165, 1.54) is 12.8 Å². The smallest absolute Gasteiger partial charge is 0.225 e. The molecule has 178 valence electrons. The van der Waals surface area contributed by atoms with Crippen molar-refractivity contribution in [2.75, 3.05) is 31.1 Å². The molecule has 1 N–H and O–H groups in total. The summed E-state index contributed by atoms with van der Waals surface area (Å²) in [5.74, 6) is 2.40. The minimum Gasteiger partial charge on any atom is -0.368 e. The van der Waals surface area contributed by atoms with Crippen LogP contribution in [0, 0.1) is 5.92 Å². The molecule has 0 unspecified atom stereocenters. The summed E-state index contributed by atoms with van der Waals surface area (Å²) in [5, 5.41) is 3.36. The van der Waals surface area contributed by atoms with Gasteiger partial charge in [-0.15, -0.1) is 12.6 Å². The average molecular weight is 476 g/mol. The SMILES string of the molecule is C=C(c1cc(CN2C(=C)NCc3cccnc32)ccc1S)N1CCN(C(=O)C2CCCC2)CC1. The van der Waals surface area contributed by atoms with E-state index in [1.54, 1.807) is 0 Å². The van der Waals surface area contributed by atoms with Crippen molar-refractivity contribution >= 4 is 30.1 Å². The Morgan fingerprint density at radius 2 is 1.85 bits per heavy atom. The highest BCUT2D eigenvalue weighted by Gasteiger charge is 2.30. The Hall–Kier alpha value is -2.93. The van der Waals surface area contributed by atoms with Crippen LogP contribution in [0.4, 0.5) is 5.82 Å². The van der Waals surface area contributed by atoms with Crippen LogP contribution in [-0.4, -0.2) is 46.9 Å². The first-order valence-electron chi connectivity index (χ1n) is 12.2. The van der Waals surface area contributed by atoms with Gasteiger partial charge in [0.2, 0.25) is 5.91 Å². The first-order chi connectivity index (χ1) is 16.5. The number of thiol groups is 1. The number of fused-ring (bicyclic) bond motifs is 1. The van der Waals surface area contributed by atoms with E-state index < -0.39 is 0 Å². The van der Waals surface area contributed by atoms with E-state index in [9.17, 15) is 4.79 Å². The van der Waals surface area contributed by atoms with Crippen molar-refractivity contribution in [2.45, 2.75) is 43.7 Å². The number of aromatic nitrogens is 1. The lowest BCUT2D eigenvalue weighted by Gasteiger charge is -2.38. The zero-order valence-corrected chi connectivity index (χ0v) is 20.6. The molecule has 5 rings (SSSR count). The van der Waals surface area contributed by atoms with E-state index in [0.29, 0.717) is 12.5 Å². The van der Waals surface area contributed by atoms with E-state index in [2.05, 4.69) is 56.4 Å². The molecule has 3 heterocycles. The summed E-state index contributed by atoms with van der Waals surface area (Å²) in [6, 6.07) is 10.4. The van der Waals surface area contributed by atoms with Crippen LogP contribution in [0.2, 0.25) is 0 Å². The third kappa shape index (κ3) is 4.53. The fourth-order valence-corrected chi connectivity index (χ4v) is 5.56. The summed E-state index contributed by atoms with van der Waals surface area (Å²) in [7, 11) is 0. The fraction of sp³-hybridized carbons (Fsp3) is 0.407. The molecule has 1 saturated carbocycles. The van der Waals surface area contributed by atoms with Gasteiger partial charge in [-0.05, 0) is 36.6 Å². The first kappa shape index (κ1) is 22.8. The number of carbonyl (C=O) groups excluding carboxylic acids is 1. The second kappa shape index (κ2) is 9.74. The molecule has 2 fully saturated rings. The van der Waals surface area contributed by atoms with Gasteiger partial charge < -0.3 is 20.0 Å². The number of anilines is 1. The maximum Gasteiger partial charge on any atom is 0.225 e. The second-order valence-corrected chi connectivity index (χ2v) is 9.95. The highest BCUT2D eigenvalue weighted by atomic mass is 32.1. The molecule has 0 atom stereocenters. The van der Waals surface area contributed by atoms with Crippen LogP contribution in [0.15, 0.2) is 60.4 Å². The van der Waals surface area contributed by atoms with Crippen molar-refractivity contribution in [3.05, 3.63) is 72.2 Å². The van der Waals surface area contributed by atoms with Gasteiger partial charge in [0, 0.05) is 66.6 Å². The summed E-state index contributed by atoms with van der Waals surface area (Å²) in [6.45, 7) is 13.1. The third-order valence-corrected chi connectivity index (χ3v) is 7.71. The summed E-state index contributed by atoms with van der Waals surface area (Å²) in [6.07, 6.45) is 6.32. The molecular formula is C27H33N5OS. The van der Waals surface area contributed by atoms with E-state index >= 15 is 0 Å². The summed E-state index contributed by atoms with van der Waals surface area (Å²) in [5.41, 5.74) is 4.31. The highest BCUT2D eigenvalue weighted by Crippen LogP contribution is 2.31. The van der Waals surface area contributed by atoms with Gasteiger partial charge in [0.05, 0.1) is 6.54 Å². The molecule has 1 aromatic heterocycles. The molecule has 2 aliphatic heterocycles. The molecule has 2 aromatic rings. The van der Waals surface area contributed by atoms with Gasteiger partial charge in [-0.25, -0.2) is 4.98 Å². The number of benzene rings is 1. The normalized spacial score (nSPS) is 18.6. The summed E-state index contributed by atoms with van der Waals surface area (Å²) in [4.78, 5) is 24.8. The fourth-order valence-electron chi connectivity index (χ4n) is 5.30. The number of pyridine rings is 1. The number of hydrogen-bond donors (Lipinski definition) is 2. The Morgan fingerprint density at radius 3 is 2.62 bits per heavy atom. The monoisotopic (exact) mass is 475 g/mol. The van der Waals surface area contributed by atoms with Crippen LogP contribution in [0.25, 0.3) is 5.70 Å². The average Bonchev–Trinajstić information content (AvgIpc) is 3.41. The lowest BCUT2D eigenvalue weighted by molar-refractivity contribution is -0.136. The van der Waals surface area contributed by atoms with Crippen LogP contribution < -0.4 is 10.2 Å². The topological polar surface area (TPSA) is 51.7 Å². The van der Waals surface area contributed by atoms with Crippen LogP contribution in [0.1, 0.15) is 42.4 Å². The van der Waals surface area contributed by atoms with E-state index in [4.69, 9.17) is 12.6 Å². The van der Waals surface area contributed by atoms with Gasteiger partial charge in [-0.3, -0.25) is 4.79 Å².